The maximum Gasteiger partial charge on any atom is 0.224 e. The lowest BCUT2D eigenvalue weighted by Crippen LogP contribution is -2.31. The van der Waals surface area contributed by atoms with Crippen molar-refractivity contribution in [1.29, 1.82) is 0 Å². The fourth-order valence-corrected chi connectivity index (χ4v) is 4.56. The van der Waals surface area contributed by atoms with Crippen LogP contribution in [-0.4, -0.2) is 37.8 Å². The van der Waals surface area contributed by atoms with Crippen LogP contribution in [-0.2, 0) is 4.79 Å². The van der Waals surface area contributed by atoms with E-state index in [1.807, 2.05) is 21.8 Å². The van der Waals surface area contributed by atoms with Crippen LogP contribution < -0.4 is 0 Å². The lowest BCUT2D eigenvalue weighted by Gasteiger charge is -2.23. The number of hydrogen-bond acceptors (Lipinski definition) is 5. The predicted molar refractivity (Wildman–Crippen MR) is 90.1 cm³/mol. The first-order valence-corrected chi connectivity index (χ1v) is 9.66. The number of rotatable bonds is 5. The molecule has 2 rings (SSSR count). The summed E-state index contributed by atoms with van der Waals surface area (Å²) in [5.74, 6) is 1.87. The Morgan fingerprint density at radius 2 is 2.10 bits per heavy atom. The van der Waals surface area contributed by atoms with Gasteiger partial charge in [-0.25, -0.2) is 9.97 Å². The standard InChI is InChI=1S/C15H23N3OS2/c1-15(2,3)21-20-11-7-13(19)18-10-4-6-12(18)14-16-8-5-9-17-14/h5,8-9,12H,4,6-7,10-11H2,1-3H3/t12-/m0/s1. The van der Waals surface area contributed by atoms with E-state index < -0.39 is 0 Å². The minimum Gasteiger partial charge on any atom is -0.332 e. The molecule has 1 atom stereocenters. The quantitative estimate of drug-likeness (QED) is 0.610. The maximum atomic E-state index is 12.4. The molecule has 1 aliphatic rings. The van der Waals surface area contributed by atoms with Crippen molar-refractivity contribution >= 4 is 27.5 Å². The summed E-state index contributed by atoms with van der Waals surface area (Å²) in [6, 6.07) is 1.88. The van der Waals surface area contributed by atoms with Crippen molar-refractivity contribution in [1.82, 2.24) is 14.9 Å². The minimum absolute atomic E-state index is 0.0685. The van der Waals surface area contributed by atoms with Crippen LogP contribution in [0.4, 0.5) is 0 Å². The second-order valence-electron chi connectivity index (χ2n) is 6.12. The highest BCUT2D eigenvalue weighted by Crippen LogP contribution is 2.36. The molecule has 2 heterocycles. The zero-order chi connectivity index (χ0) is 15.3. The van der Waals surface area contributed by atoms with Crippen molar-refractivity contribution in [2.45, 2.75) is 50.8 Å². The molecular formula is C15H23N3OS2. The fraction of sp³-hybridized carbons (Fsp3) is 0.667. The monoisotopic (exact) mass is 325 g/mol. The molecule has 1 aromatic rings. The highest BCUT2D eigenvalue weighted by molar-refractivity contribution is 8.77. The van der Waals surface area contributed by atoms with E-state index in [0.29, 0.717) is 6.42 Å². The van der Waals surface area contributed by atoms with Crippen LogP contribution in [0.2, 0.25) is 0 Å². The molecule has 1 amide bonds. The summed E-state index contributed by atoms with van der Waals surface area (Å²) in [6.45, 7) is 7.40. The van der Waals surface area contributed by atoms with Gasteiger partial charge in [-0.05, 0) is 18.9 Å². The van der Waals surface area contributed by atoms with E-state index in [9.17, 15) is 4.79 Å². The van der Waals surface area contributed by atoms with Gasteiger partial charge in [0.1, 0.15) is 0 Å². The number of carbonyl (C=O) groups is 1. The van der Waals surface area contributed by atoms with Crippen molar-refractivity contribution in [2.75, 3.05) is 12.3 Å². The van der Waals surface area contributed by atoms with E-state index in [2.05, 4.69) is 30.7 Å². The van der Waals surface area contributed by atoms with Gasteiger partial charge in [-0.15, -0.1) is 0 Å². The summed E-state index contributed by atoms with van der Waals surface area (Å²) in [4.78, 5) is 23.0. The minimum atomic E-state index is 0.0685. The zero-order valence-electron chi connectivity index (χ0n) is 12.9. The van der Waals surface area contributed by atoms with E-state index in [-0.39, 0.29) is 16.7 Å². The highest BCUT2D eigenvalue weighted by atomic mass is 33.1. The molecule has 0 bridgehead atoms. The van der Waals surface area contributed by atoms with E-state index in [1.54, 1.807) is 23.2 Å². The third-order valence-electron chi connectivity index (χ3n) is 3.17. The van der Waals surface area contributed by atoms with Crippen LogP contribution in [0.3, 0.4) is 0 Å². The van der Waals surface area contributed by atoms with Crippen LogP contribution in [0.5, 0.6) is 0 Å². The second-order valence-corrected chi connectivity index (χ2v) is 9.36. The molecule has 1 aromatic heterocycles. The van der Waals surface area contributed by atoms with Crippen LogP contribution in [0, 0.1) is 0 Å². The topological polar surface area (TPSA) is 46.1 Å². The Labute approximate surface area is 134 Å². The van der Waals surface area contributed by atoms with E-state index >= 15 is 0 Å². The molecule has 21 heavy (non-hydrogen) atoms. The number of carbonyl (C=O) groups excluding carboxylic acids is 1. The lowest BCUT2D eigenvalue weighted by atomic mass is 10.2. The molecule has 0 unspecified atom stereocenters. The molecule has 1 aliphatic heterocycles. The van der Waals surface area contributed by atoms with Crippen molar-refractivity contribution in [3.05, 3.63) is 24.3 Å². The van der Waals surface area contributed by atoms with E-state index in [1.165, 1.54) is 0 Å². The Hall–Kier alpha value is -0.750. The summed E-state index contributed by atoms with van der Waals surface area (Å²) in [7, 11) is 3.62. The average Bonchev–Trinajstić information content (AvgIpc) is 2.93. The number of amides is 1. The van der Waals surface area contributed by atoms with Gasteiger partial charge in [-0.2, -0.15) is 0 Å². The molecule has 0 aliphatic carbocycles. The predicted octanol–water partition coefficient (Wildman–Crippen LogP) is 3.71. The molecule has 1 saturated heterocycles. The molecule has 0 aromatic carbocycles. The highest BCUT2D eigenvalue weighted by Gasteiger charge is 2.31. The number of nitrogens with zero attached hydrogens (tertiary/aromatic N) is 3. The largest absolute Gasteiger partial charge is 0.332 e. The van der Waals surface area contributed by atoms with Gasteiger partial charge in [-0.3, -0.25) is 4.79 Å². The molecule has 4 nitrogen and oxygen atoms in total. The molecule has 6 heteroatoms. The van der Waals surface area contributed by atoms with Gasteiger partial charge in [0.05, 0.1) is 6.04 Å². The van der Waals surface area contributed by atoms with E-state index in [0.717, 1.165) is 31.0 Å². The van der Waals surface area contributed by atoms with Gasteiger partial charge in [0.25, 0.3) is 0 Å². The number of hydrogen-bond donors (Lipinski definition) is 0. The Balaban J connectivity index is 1.84. The molecule has 116 valence electrons. The fourth-order valence-electron chi connectivity index (χ4n) is 2.31. The molecule has 0 spiro atoms. The molecule has 0 saturated carbocycles. The lowest BCUT2D eigenvalue weighted by molar-refractivity contribution is -0.131. The Kier molecular flexibility index (Phi) is 5.93. The van der Waals surface area contributed by atoms with Crippen molar-refractivity contribution in [2.24, 2.45) is 0 Å². The molecule has 0 radical (unpaired) electrons. The normalized spacial score (nSPS) is 19.0. The van der Waals surface area contributed by atoms with Gasteiger partial charge in [-0.1, -0.05) is 42.4 Å². The molecule has 1 fully saturated rings. The van der Waals surface area contributed by atoms with Gasteiger partial charge in [0, 0.05) is 35.9 Å². The zero-order valence-corrected chi connectivity index (χ0v) is 14.5. The Morgan fingerprint density at radius 1 is 1.38 bits per heavy atom. The van der Waals surface area contributed by atoms with Crippen molar-refractivity contribution in [3.8, 4) is 0 Å². The Bertz CT molecular complexity index is 462. The van der Waals surface area contributed by atoms with Crippen molar-refractivity contribution < 1.29 is 4.79 Å². The Morgan fingerprint density at radius 3 is 2.76 bits per heavy atom. The van der Waals surface area contributed by atoms with Gasteiger partial charge >= 0.3 is 0 Å². The van der Waals surface area contributed by atoms with Crippen LogP contribution >= 0.6 is 21.6 Å². The maximum absolute atomic E-state index is 12.4. The van der Waals surface area contributed by atoms with Gasteiger partial charge in [0.2, 0.25) is 5.91 Å². The number of aromatic nitrogens is 2. The van der Waals surface area contributed by atoms with Crippen molar-refractivity contribution in [3.63, 3.8) is 0 Å². The first-order valence-electron chi connectivity index (χ1n) is 7.34. The van der Waals surface area contributed by atoms with Crippen LogP contribution in [0.25, 0.3) is 0 Å². The first-order chi connectivity index (χ1) is 9.97. The summed E-state index contributed by atoms with van der Waals surface area (Å²) in [6.07, 6.45) is 6.10. The SMILES string of the molecule is CC(C)(C)SSCCC(=O)N1CCC[C@H]1c1ncccn1. The summed E-state index contributed by atoms with van der Waals surface area (Å²) in [5.41, 5.74) is 0. The average molecular weight is 326 g/mol. The third kappa shape index (κ3) is 5.18. The molecular weight excluding hydrogens is 302 g/mol. The summed E-state index contributed by atoms with van der Waals surface area (Å²) in [5, 5.41) is 0. The van der Waals surface area contributed by atoms with Gasteiger partial charge < -0.3 is 4.90 Å². The van der Waals surface area contributed by atoms with E-state index in [4.69, 9.17) is 0 Å². The first kappa shape index (κ1) is 16.6. The van der Waals surface area contributed by atoms with Crippen LogP contribution in [0.1, 0.15) is 51.9 Å². The third-order valence-corrected chi connectivity index (χ3v) is 6.51. The molecule has 0 N–H and O–H groups in total. The second kappa shape index (κ2) is 7.49. The summed E-state index contributed by atoms with van der Waals surface area (Å²) < 4.78 is 0.238. The number of likely N-dealkylation sites (tertiary alicyclic amines) is 1. The van der Waals surface area contributed by atoms with Crippen LogP contribution in [0.15, 0.2) is 18.5 Å². The smallest absolute Gasteiger partial charge is 0.224 e. The summed E-state index contributed by atoms with van der Waals surface area (Å²) >= 11 is 0. The van der Waals surface area contributed by atoms with Gasteiger partial charge in [0.15, 0.2) is 5.82 Å².